The van der Waals surface area contributed by atoms with Crippen LogP contribution in [0.25, 0.3) is 10.9 Å². The summed E-state index contributed by atoms with van der Waals surface area (Å²) in [4.78, 5) is 12.7. The summed E-state index contributed by atoms with van der Waals surface area (Å²) < 4.78 is 12.8. The van der Waals surface area contributed by atoms with Crippen LogP contribution in [0.2, 0.25) is 0 Å². The van der Waals surface area contributed by atoms with Crippen LogP contribution in [0.1, 0.15) is 11.7 Å². The molecule has 1 aliphatic rings. The van der Waals surface area contributed by atoms with E-state index in [9.17, 15) is 4.79 Å². The van der Waals surface area contributed by atoms with Gasteiger partial charge in [-0.05, 0) is 17.5 Å². The molecule has 1 saturated heterocycles. The standard InChI is InChI=1S/C16H17NO3/c1-2-7-17-14-6-4-3-5-12(14)10-13(16(17)18)15-11-19-8-9-20-15/h2-6,10,15H,1,7-9,11H2. The summed E-state index contributed by atoms with van der Waals surface area (Å²) in [6.45, 7) is 5.76. The van der Waals surface area contributed by atoms with E-state index < -0.39 is 0 Å². The second kappa shape index (κ2) is 5.61. The van der Waals surface area contributed by atoms with Crippen LogP contribution in [-0.4, -0.2) is 24.4 Å². The van der Waals surface area contributed by atoms with Crippen LogP contribution in [0.5, 0.6) is 0 Å². The number of pyridine rings is 1. The number of ether oxygens (including phenoxy) is 2. The lowest BCUT2D eigenvalue weighted by atomic mass is 10.1. The number of nitrogens with zero attached hydrogens (tertiary/aromatic N) is 1. The highest BCUT2D eigenvalue weighted by molar-refractivity contribution is 5.79. The van der Waals surface area contributed by atoms with Crippen molar-refractivity contribution in [1.82, 2.24) is 4.57 Å². The minimum absolute atomic E-state index is 0.0286. The Balaban J connectivity index is 2.19. The molecule has 4 heteroatoms. The summed E-state index contributed by atoms with van der Waals surface area (Å²) in [5.74, 6) is 0. The highest BCUT2D eigenvalue weighted by atomic mass is 16.6. The highest BCUT2D eigenvalue weighted by Gasteiger charge is 2.21. The van der Waals surface area contributed by atoms with E-state index in [4.69, 9.17) is 9.47 Å². The molecule has 1 aromatic carbocycles. The van der Waals surface area contributed by atoms with Gasteiger partial charge in [-0.15, -0.1) is 6.58 Å². The topological polar surface area (TPSA) is 40.5 Å². The Hall–Kier alpha value is -1.91. The summed E-state index contributed by atoms with van der Waals surface area (Å²) in [5, 5.41) is 1.03. The Bertz CT molecular complexity index is 684. The molecule has 0 N–H and O–H groups in total. The first-order valence-electron chi connectivity index (χ1n) is 6.74. The maximum atomic E-state index is 12.7. The van der Waals surface area contributed by atoms with Gasteiger partial charge >= 0.3 is 0 Å². The molecule has 0 amide bonds. The summed E-state index contributed by atoms with van der Waals surface area (Å²) >= 11 is 0. The molecule has 3 rings (SSSR count). The fraction of sp³-hybridized carbons (Fsp3) is 0.312. The van der Waals surface area contributed by atoms with Crippen molar-refractivity contribution >= 4 is 10.9 Å². The van der Waals surface area contributed by atoms with Crippen LogP contribution in [-0.2, 0) is 16.0 Å². The van der Waals surface area contributed by atoms with E-state index in [1.54, 1.807) is 10.6 Å². The maximum absolute atomic E-state index is 12.7. The van der Waals surface area contributed by atoms with E-state index in [1.165, 1.54) is 0 Å². The monoisotopic (exact) mass is 271 g/mol. The van der Waals surface area contributed by atoms with Crippen molar-refractivity contribution in [3.05, 3.63) is 58.9 Å². The third kappa shape index (κ3) is 2.28. The average molecular weight is 271 g/mol. The number of hydrogen-bond donors (Lipinski definition) is 0. The predicted octanol–water partition coefficient (Wildman–Crippen LogP) is 2.28. The number of para-hydroxylation sites is 1. The Morgan fingerprint density at radius 3 is 2.95 bits per heavy atom. The second-order valence-electron chi connectivity index (χ2n) is 4.80. The van der Waals surface area contributed by atoms with Gasteiger partial charge in [0.15, 0.2) is 0 Å². The first-order valence-corrected chi connectivity index (χ1v) is 6.74. The minimum atomic E-state index is -0.281. The van der Waals surface area contributed by atoms with Gasteiger partial charge < -0.3 is 14.0 Å². The second-order valence-corrected chi connectivity index (χ2v) is 4.80. The molecule has 1 unspecified atom stereocenters. The fourth-order valence-electron chi connectivity index (χ4n) is 2.56. The number of hydrogen-bond acceptors (Lipinski definition) is 3. The molecule has 1 atom stereocenters. The molecule has 2 aromatic rings. The number of allylic oxidation sites excluding steroid dienone is 1. The highest BCUT2D eigenvalue weighted by Crippen LogP contribution is 2.22. The van der Waals surface area contributed by atoms with E-state index in [1.807, 2.05) is 30.3 Å². The lowest BCUT2D eigenvalue weighted by Gasteiger charge is -2.23. The van der Waals surface area contributed by atoms with Crippen molar-refractivity contribution in [3.63, 3.8) is 0 Å². The largest absolute Gasteiger partial charge is 0.376 e. The van der Waals surface area contributed by atoms with Gasteiger partial charge in [-0.1, -0.05) is 24.3 Å². The molecule has 104 valence electrons. The number of aromatic nitrogens is 1. The number of rotatable bonds is 3. The molecule has 0 spiro atoms. The fourth-order valence-corrected chi connectivity index (χ4v) is 2.56. The van der Waals surface area contributed by atoms with Crippen molar-refractivity contribution in [2.24, 2.45) is 0 Å². The molecule has 0 saturated carbocycles. The van der Waals surface area contributed by atoms with Crippen molar-refractivity contribution < 1.29 is 9.47 Å². The van der Waals surface area contributed by atoms with Crippen LogP contribution >= 0.6 is 0 Å². The van der Waals surface area contributed by atoms with Crippen LogP contribution < -0.4 is 5.56 Å². The van der Waals surface area contributed by atoms with Crippen LogP contribution in [0.15, 0.2) is 47.8 Å². The average Bonchev–Trinajstić information content (AvgIpc) is 2.51. The van der Waals surface area contributed by atoms with Crippen molar-refractivity contribution in [1.29, 1.82) is 0 Å². The Labute approximate surface area is 117 Å². The molecule has 0 bridgehead atoms. The molecular formula is C16H17NO3. The lowest BCUT2D eigenvalue weighted by molar-refractivity contribution is -0.0907. The van der Waals surface area contributed by atoms with E-state index in [-0.39, 0.29) is 11.7 Å². The van der Waals surface area contributed by atoms with E-state index in [2.05, 4.69) is 6.58 Å². The van der Waals surface area contributed by atoms with E-state index >= 15 is 0 Å². The zero-order valence-electron chi connectivity index (χ0n) is 11.2. The van der Waals surface area contributed by atoms with Crippen LogP contribution in [0.3, 0.4) is 0 Å². The zero-order valence-corrected chi connectivity index (χ0v) is 11.2. The summed E-state index contributed by atoms with van der Waals surface area (Å²) in [6.07, 6.45) is 1.45. The minimum Gasteiger partial charge on any atom is -0.376 e. The molecule has 1 aliphatic heterocycles. The SMILES string of the molecule is C=CCn1c(=O)c(C2COCCO2)cc2ccccc21. The van der Waals surface area contributed by atoms with Crippen LogP contribution in [0.4, 0.5) is 0 Å². The summed E-state index contributed by atoms with van der Waals surface area (Å²) in [6, 6.07) is 9.76. The molecule has 1 fully saturated rings. The molecule has 1 aromatic heterocycles. The van der Waals surface area contributed by atoms with Crippen molar-refractivity contribution in [2.45, 2.75) is 12.6 Å². The molecule has 4 nitrogen and oxygen atoms in total. The molecular weight excluding hydrogens is 254 g/mol. The molecule has 0 radical (unpaired) electrons. The lowest BCUT2D eigenvalue weighted by Crippen LogP contribution is -2.31. The molecule has 2 heterocycles. The quantitative estimate of drug-likeness (QED) is 0.804. The summed E-state index contributed by atoms with van der Waals surface area (Å²) in [7, 11) is 0. The van der Waals surface area contributed by atoms with Gasteiger partial charge in [-0.2, -0.15) is 0 Å². The van der Waals surface area contributed by atoms with Crippen LogP contribution in [0, 0.1) is 0 Å². The first kappa shape index (κ1) is 13.1. The van der Waals surface area contributed by atoms with E-state index in [0.717, 1.165) is 10.9 Å². The van der Waals surface area contributed by atoms with Gasteiger partial charge in [-0.25, -0.2) is 0 Å². The molecule has 0 aliphatic carbocycles. The van der Waals surface area contributed by atoms with E-state index in [0.29, 0.717) is 31.9 Å². The van der Waals surface area contributed by atoms with Crippen molar-refractivity contribution in [3.8, 4) is 0 Å². The zero-order chi connectivity index (χ0) is 13.9. The van der Waals surface area contributed by atoms with Gasteiger partial charge in [0.25, 0.3) is 5.56 Å². The third-order valence-corrected chi connectivity index (χ3v) is 3.51. The predicted molar refractivity (Wildman–Crippen MR) is 77.9 cm³/mol. The normalized spacial score (nSPS) is 19.1. The third-order valence-electron chi connectivity index (χ3n) is 3.51. The molecule has 20 heavy (non-hydrogen) atoms. The first-order chi connectivity index (χ1) is 9.81. The Kier molecular flexibility index (Phi) is 3.67. The number of fused-ring (bicyclic) bond motifs is 1. The smallest absolute Gasteiger partial charge is 0.257 e. The van der Waals surface area contributed by atoms with Gasteiger partial charge in [0, 0.05) is 12.1 Å². The maximum Gasteiger partial charge on any atom is 0.257 e. The van der Waals surface area contributed by atoms with Gasteiger partial charge in [-0.3, -0.25) is 4.79 Å². The van der Waals surface area contributed by atoms with Crippen molar-refractivity contribution in [2.75, 3.05) is 19.8 Å². The number of benzene rings is 1. The Morgan fingerprint density at radius 1 is 1.35 bits per heavy atom. The van der Waals surface area contributed by atoms with Gasteiger partial charge in [0.1, 0.15) is 6.10 Å². The van der Waals surface area contributed by atoms with Gasteiger partial charge in [0.05, 0.1) is 25.3 Å². The van der Waals surface area contributed by atoms with Gasteiger partial charge in [0.2, 0.25) is 0 Å². The Morgan fingerprint density at radius 2 is 2.20 bits per heavy atom. The summed E-state index contributed by atoms with van der Waals surface area (Å²) in [5.41, 5.74) is 1.54.